The molecule has 0 radical (unpaired) electrons. The number of rotatable bonds is 6. The minimum Gasteiger partial charge on any atom is -0.444 e. The number of benzene rings is 1. The highest BCUT2D eigenvalue weighted by atomic mass is 127. The highest BCUT2D eigenvalue weighted by Crippen LogP contribution is 2.27. The van der Waals surface area contributed by atoms with Gasteiger partial charge >= 0.3 is 0 Å². The van der Waals surface area contributed by atoms with Crippen molar-refractivity contribution in [2.45, 2.75) is 39.7 Å². The van der Waals surface area contributed by atoms with Crippen LogP contribution in [0.2, 0.25) is 0 Å². The van der Waals surface area contributed by atoms with Crippen LogP contribution >= 0.6 is 24.0 Å². The van der Waals surface area contributed by atoms with Gasteiger partial charge in [-0.3, -0.25) is 9.79 Å². The first-order chi connectivity index (χ1) is 13.1. The molecule has 7 nitrogen and oxygen atoms in total. The average Bonchev–Trinajstić information content (AvgIpc) is 3.24. The van der Waals surface area contributed by atoms with Gasteiger partial charge in [0.1, 0.15) is 5.76 Å². The van der Waals surface area contributed by atoms with E-state index in [9.17, 15) is 4.79 Å². The third kappa shape index (κ3) is 5.46. The van der Waals surface area contributed by atoms with Gasteiger partial charge in [-0.05, 0) is 38.3 Å². The maximum atomic E-state index is 12.5. The van der Waals surface area contributed by atoms with E-state index in [1.54, 1.807) is 7.05 Å². The second-order valence-electron chi connectivity index (χ2n) is 6.63. The molecule has 152 valence electrons. The first-order valence-corrected chi connectivity index (χ1v) is 9.34. The molecule has 2 N–H and O–H groups in total. The SMILES string of the molecule is CN=C(NCCCC(=O)N1CCc2ccccc21)NCc1nc(C)c(C)o1.I. The molecule has 0 aliphatic carbocycles. The number of anilines is 1. The van der Waals surface area contributed by atoms with Gasteiger partial charge in [0.05, 0.1) is 12.2 Å². The topological polar surface area (TPSA) is 82.8 Å². The Bertz CT molecular complexity index is 814. The van der Waals surface area contributed by atoms with Crippen LogP contribution in [-0.4, -0.2) is 37.0 Å². The maximum Gasteiger partial charge on any atom is 0.227 e. The van der Waals surface area contributed by atoms with Gasteiger partial charge in [-0.15, -0.1) is 24.0 Å². The summed E-state index contributed by atoms with van der Waals surface area (Å²) in [6.45, 7) is 5.74. The fraction of sp³-hybridized carbons (Fsp3) is 0.450. The predicted octanol–water partition coefficient (Wildman–Crippen LogP) is 2.94. The molecule has 0 atom stereocenters. The van der Waals surface area contributed by atoms with Crippen molar-refractivity contribution in [3.63, 3.8) is 0 Å². The van der Waals surface area contributed by atoms with Gasteiger partial charge in [0, 0.05) is 32.2 Å². The number of aromatic nitrogens is 1. The predicted molar refractivity (Wildman–Crippen MR) is 121 cm³/mol. The minimum atomic E-state index is 0. The lowest BCUT2D eigenvalue weighted by atomic mass is 10.2. The summed E-state index contributed by atoms with van der Waals surface area (Å²) in [6.07, 6.45) is 2.20. The number of fused-ring (bicyclic) bond motifs is 1. The largest absolute Gasteiger partial charge is 0.444 e. The normalized spacial score (nSPS) is 13.1. The number of aliphatic imine (C=N–C) groups is 1. The van der Waals surface area contributed by atoms with Crippen LogP contribution in [-0.2, 0) is 17.8 Å². The molecule has 0 unspecified atom stereocenters. The van der Waals surface area contributed by atoms with Crippen molar-refractivity contribution in [2.75, 3.05) is 25.0 Å². The number of guanidine groups is 1. The fourth-order valence-electron chi connectivity index (χ4n) is 3.17. The number of hydrogen-bond donors (Lipinski definition) is 2. The molecule has 2 aromatic rings. The first kappa shape index (κ1) is 22.2. The number of para-hydroxylation sites is 1. The quantitative estimate of drug-likeness (QED) is 0.278. The van der Waals surface area contributed by atoms with Crippen molar-refractivity contribution in [1.29, 1.82) is 0 Å². The Morgan fingerprint density at radius 3 is 2.79 bits per heavy atom. The Morgan fingerprint density at radius 1 is 1.29 bits per heavy atom. The zero-order valence-corrected chi connectivity index (χ0v) is 18.9. The van der Waals surface area contributed by atoms with Crippen molar-refractivity contribution in [3.8, 4) is 0 Å². The van der Waals surface area contributed by atoms with E-state index in [1.165, 1.54) is 5.56 Å². The van der Waals surface area contributed by atoms with Crippen molar-refractivity contribution in [1.82, 2.24) is 15.6 Å². The molecule has 1 aromatic heterocycles. The lowest BCUT2D eigenvalue weighted by molar-refractivity contribution is -0.118. The van der Waals surface area contributed by atoms with Gasteiger partial charge in [-0.25, -0.2) is 4.98 Å². The van der Waals surface area contributed by atoms with Crippen molar-refractivity contribution >= 4 is 41.5 Å². The molecule has 3 rings (SSSR count). The lowest BCUT2D eigenvalue weighted by Crippen LogP contribution is -2.38. The Labute approximate surface area is 183 Å². The molecule has 0 saturated heterocycles. The molecular weight excluding hydrogens is 469 g/mol. The minimum absolute atomic E-state index is 0. The summed E-state index contributed by atoms with van der Waals surface area (Å²) in [5.74, 6) is 2.31. The first-order valence-electron chi connectivity index (χ1n) is 9.34. The number of oxazole rings is 1. The molecule has 0 saturated carbocycles. The van der Waals surface area contributed by atoms with Gasteiger partial charge < -0.3 is 20.0 Å². The van der Waals surface area contributed by atoms with Gasteiger partial charge in [0.25, 0.3) is 0 Å². The summed E-state index contributed by atoms with van der Waals surface area (Å²) in [4.78, 5) is 22.9. The van der Waals surface area contributed by atoms with Crippen LogP contribution < -0.4 is 15.5 Å². The number of nitrogens with zero attached hydrogens (tertiary/aromatic N) is 3. The van der Waals surface area contributed by atoms with Crippen LogP contribution in [0.25, 0.3) is 0 Å². The van der Waals surface area contributed by atoms with Crippen molar-refractivity contribution in [3.05, 3.63) is 47.2 Å². The second kappa shape index (κ2) is 10.4. The maximum absolute atomic E-state index is 12.5. The third-order valence-electron chi connectivity index (χ3n) is 4.75. The van der Waals surface area contributed by atoms with E-state index in [0.717, 1.165) is 36.5 Å². The number of carbonyl (C=O) groups excluding carboxylic acids is 1. The number of halogens is 1. The molecule has 1 aliphatic heterocycles. The number of hydrogen-bond acceptors (Lipinski definition) is 4. The number of nitrogens with one attached hydrogen (secondary N) is 2. The zero-order valence-electron chi connectivity index (χ0n) is 16.6. The molecule has 8 heteroatoms. The Morgan fingerprint density at radius 2 is 2.07 bits per heavy atom. The summed E-state index contributed by atoms with van der Waals surface area (Å²) in [7, 11) is 1.72. The fourth-order valence-corrected chi connectivity index (χ4v) is 3.17. The summed E-state index contributed by atoms with van der Waals surface area (Å²) in [6, 6.07) is 8.13. The van der Waals surface area contributed by atoms with Gasteiger partial charge in [-0.2, -0.15) is 0 Å². The molecular formula is C20H28IN5O2. The molecule has 1 amide bonds. The Balaban J connectivity index is 0.00000280. The molecule has 0 bridgehead atoms. The molecule has 1 aliphatic rings. The number of amides is 1. The Hall–Kier alpha value is -2.10. The van der Waals surface area contributed by atoms with E-state index >= 15 is 0 Å². The second-order valence-corrected chi connectivity index (χ2v) is 6.63. The molecule has 0 fully saturated rings. The smallest absolute Gasteiger partial charge is 0.227 e. The van der Waals surface area contributed by atoms with Gasteiger partial charge in [0.15, 0.2) is 5.96 Å². The van der Waals surface area contributed by atoms with E-state index in [1.807, 2.05) is 36.9 Å². The summed E-state index contributed by atoms with van der Waals surface area (Å²) in [5, 5.41) is 6.39. The molecule has 2 heterocycles. The lowest BCUT2D eigenvalue weighted by Gasteiger charge is -2.17. The summed E-state index contributed by atoms with van der Waals surface area (Å²) in [5.41, 5.74) is 3.21. The van der Waals surface area contributed by atoms with Gasteiger partial charge in [0.2, 0.25) is 11.8 Å². The highest BCUT2D eigenvalue weighted by Gasteiger charge is 2.23. The molecule has 0 spiro atoms. The third-order valence-corrected chi connectivity index (χ3v) is 4.75. The molecule has 1 aromatic carbocycles. The van der Waals surface area contributed by atoms with Crippen LogP contribution in [0.3, 0.4) is 0 Å². The Kier molecular flexibility index (Phi) is 8.28. The summed E-state index contributed by atoms with van der Waals surface area (Å²) < 4.78 is 5.55. The summed E-state index contributed by atoms with van der Waals surface area (Å²) >= 11 is 0. The van der Waals surface area contributed by atoms with Crippen molar-refractivity contribution < 1.29 is 9.21 Å². The highest BCUT2D eigenvalue weighted by molar-refractivity contribution is 14.0. The average molecular weight is 497 g/mol. The molecule has 28 heavy (non-hydrogen) atoms. The van der Waals surface area contributed by atoms with Crippen LogP contribution in [0.1, 0.15) is 35.7 Å². The van der Waals surface area contributed by atoms with Crippen LogP contribution in [0.4, 0.5) is 5.69 Å². The van der Waals surface area contributed by atoms with E-state index in [2.05, 4.69) is 26.7 Å². The van der Waals surface area contributed by atoms with Crippen molar-refractivity contribution in [2.24, 2.45) is 4.99 Å². The monoisotopic (exact) mass is 497 g/mol. The van der Waals surface area contributed by atoms with Crippen LogP contribution in [0.5, 0.6) is 0 Å². The van der Waals surface area contributed by atoms with Crippen LogP contribution in [0.15, 0.2) is 33.7 Å². The number of carbonyl (C=O) groups is 1. The standard InChI is InChI=1S/C20H27N5O2.HI/c1-14-15(2)27-18(24-14)13-23-20(21-3)22-11-6-9-19(26)25-12-10-16-7-4-5-8-17(16)25;/h4-5,7-8H,6,9-13H2,1-3H3,(H2,21,22,23);1H. The van der Waals surface area contributed by atoms with Gasteiger partial charge in [-0.1, -0.05) is 18.2 Å². The van der Waals surface area contributed by atoms with E-state index in [-0.39, 0.29) is 29.9 Å². The van der Waals surface area contributed by atoms with E-state index < -0.39 is 0 Å². The van der Waals surface area contributed by atoms with E-state index in [0.29, 0.717) is 31.4 Å². The van der Waals surface area contributed by atoms with E-state index in [4.69, 9.17) is 4.42 Å². The van der Waals surface area contributed by atoms with Crippen LogP contribution in [0, 0.1) is 13.8 Å². The zero-order chi connectivity index (χ0) is 19.2. The number of aryl methyl sites for hydroxylation is 2.